The van der Waals surface area contributed by atoms with Crippen LogP contribution in [-0.2, 0) is 6.54 Å². The van der Waals surface area contributed by atoms with Crippen LogP contribution in [0.3, 0.4) is 0 Å². The van der Waals surface area contributed by atoms with Crippen LogP contribution >= 0.6 is 11.6 Å². The van der Waals surface area contributed by atoms with Gasteiger partial charge in [0.2, 0.25) is 18.5 Å². The van der Waals surface area contributed by atoms with Crippen LogP contribution in [0.25, 0.3) is 11.4 Å². The van der Waals surface area contributed by atoms with Gasteiger partial charge in [-0.05, 0) is 6.07 Å². The number of phenolic OH excluding ortho intramolecular Hbond substituents is 1. The smallest absolute Gasteiger partial charge is 0.240 e. The highest BCUT2D eigenvalue weighted by Gasteiger charge is 2.25. The summed E-state index contributed by atoms with van der Waals surface area (Å²) in [7, 11) is 0. The highest BCUT2D eigenvalue weighted by Crippen LogP contribution is 2.48. The summed E-state index contributed by atoms with van der Waals surface area (Å²) in [5, 5.41) is 13.7. The number of aromatic hydroxyl groups is 1. The lowest BCUT2D eigenvalue weighted by Gasteiger charge is -2.05. The molecule has 0 aliphatic carbocycles. The molecule has 2 aromatic rings. The van der Waals surface area contributed by atoms with Crippen LogP contribution in [-0.4, -0.2) is 22.0 Å². The Morgan fingerprint density at radius 3 is 3.00 bits per heavy atom. The summed E-state index contributed by atoms with van der Waals surface area (Å²) < 4.78 is 15.2. The third kappa shape index (κ3) is 1.56. The van der Waals surface area contributed by atoms with Crippen LogP contribution in [0.4, 0.5) is 0 Å². The third-order valence-electron chi connectivity index (χ3n) is 2.46. The van der Waals surface area contributed by atoms with Crippen LogP contribution in [0.5, 0.6) is 17.2 Å². The highest BCUT2D eigenvalue weighted by atomic mass is 35.5. The number of hydrogen-bond donors (Lipinski definition) is 2. The van der Waals surface area contributed by atoms with E-state index in [0.717, 1.165) is 0 Å². The molecule has 0 fully saturated rings. The second-order valence-corrected chi connectivity index (χ2v) is 3.91. The van der Waals surface area contributed by atoms with Crippen molar-refractivity contribution in [3.8, 4) is 28.6 Å². The molecular formula is C10H8ClN3O4. The molecule has 0 spiro atoms. The Kier molecular flexibility index (Phi) is 2.49. The first-order valence-corrected chi connectivity index (χ1v) is 5.42. The van der Waals surface area contributed by atoms with Gasteiger partial charge in [-0.15, -0.1) is 0 Å². The molecule has 3 N–H and O–H groups in total. The van der Waals surface area contributed by atoms with Gasteiger partial charge in [-0.2, -0.15) is 4.98 Å². The van der Waals surface area contributed by atoms with E-state index in [1.807, 2.05) is 0 Å². The van der Waals surface area contributed by atoms with Crippen LogP contribution in [0, 0.1) is 0 Å². The van der Waals surface area contributed by atoms with E-state index in [2.05, 4.69) is 10.1 Å². The Bertz CT molecular complexity index is 613. The van der Waals surface area contributed by atoms with Crippen molar-refractivity contribution in [1.82, 2.24) is 10.1 Å². The molecule has 0 amide bonds. The van der Waals surface area contributed by atoms with Crippen molar-refractivity contribution in [2.24, 2.45) is 5.73 Å². The first-order valence-electron chi connectivity index (χ1n) is 5.04. The number of phenols is 1. The SMILES string of the molecule is NCc1nc(-c2cc3c(c(Cl)c2O)OCO3)no1. The molecular weight excluding hydrogens is 262 g/mol. The normalized spacial score (nSPS) is 13.0. The molecule has 0 saturated carbocycles. The first kappa shape index (κ1) is 11.1. The fourth-order valence-corrected chi connectivity index (χ4v) is 1.86. The van der Waals surface area contributed by atoms with Crippen LogP contribution in [0.1, 0.15) is 5.89 Å². The molecule has 8 heteroatoms. The van der Waals surface area contributed by atoms with Gasteiger partial charge in [0.05, 0.1) is 12.1 Å². The van der Waals surface area contributed by atoms with Gasteiger partial charge in [0, 0.05) is 0 Å². The lowest BCUT2D eigenvalue weighted by molar-refractivity contribution is 0.174. The average Bonchev–Trinajstić information content (AvgIpc) is 3.01. The summed E-state index contributed by atoms with van der Waals surface area (Å²) in [4.78, 5) is 4.01. The number of halogens is 1. The second kappa shape index (κ2) is 4.04. The maximum atomic E-state index is 9.98. The van der Waals surface area contributed by atoms with Crippen molar-refractivity contribution in [2.75, 3.05) is 6.79 Å². The van der Waals surface area contributed by atoms with E-state index in [1.165, 1.54) is 6.07 Å². The van der Waals surface area contributed by atoms with E-state index in [4.69, 9.17) is 31.3 Å². The Labute approximate surface area is 106 Å². The fourth-order valence-electron chi connectivity index (χ4n) is 1.61. The molecule has 0 radical (unpaired) electrons. The molecule has 2 heterocycles. The van der Waals surface area contributed by atoms with Crippen molar-refractivity contribution in [3.05, 3.63) is 17.0 Å². The minimum absolute atomic E-state index is 0.0538. The van der Waals surface area contributed by atoms with Gasteiger partial charge in [-0.25, -0.2) is 0 Å². The number of aromatic nitrogens is 2. The molecule has 0 unspecified atom stereocenters. The summed E-state index contributed by atoms with van der Waals surface area (Å²) in [5.41, 5.74) is 5.67. The Balaban J connectivity index is 2.15. The van der Waals surface area contributed by atoms with Crippen molar-refractivity contribution >= 4 is 11.6 Å². The zero-order valence-electron chi connectivity index (χ0n) is 9.01. The highest BCUT2D eigenvalue weighted by molar-refractivity contribution is 6.34. The number of nitrogens with zero attached hydrogens (tertiary/aromatic N) is 2. The first-order chi connectivity index (χ1) is 8.70. The number of benzene rings is 1. The zero-order chi connectivity index (χ0) is 12.7. The minimum Gasteiger partial charge on any atom is -0.505 e. The molecule has 0 saturated heterocycles. The Morgan fingerprint density at radius 2 is 2.28 bits per heavy atom. The molecule has 7 nitrogen and oxygen atoms in total. The number of hydrogen-bond acceptors (Lipinski definition) is 7. The molecule has 94 valence electrons. The van der Waals surface area contributed by atoms with Crippen molar-refractivity contribution in [2.45, 2.75) is 6.54 Å². The van der Waals surface area contributed by atoms with Gasteiger partial charge in [0.25, 0.3) is 0 Å². The fraction of sp³-hybridized carbons (Fsp3) is 0.200. The number of fused-ring (bicyclic) bond motifs is 1. The maximum absolute atomic E-state index is 9.98. The predicted molar refractivity (Wildman–Crippen MR) is 60.4 cm³/mol. The van der Waals surface area contributed by atoms with E-state index in [1.54, 1.807) is 0 Å². The lowest BCUT2D eigenvalue weighted by atomic mass is 10.1. The Morgan fingerprint density at radius 1 is 1.44 bits per heavy atom. The standard InChI is InChI=1S/C10H8ClN3O4/c11-7-8(15)4(1-5-9(7)17-3-16-5)10-13-6(2-12)18-14-10/h1,15H,2-3,12H2. The summed E-state index contributed by atoms with van der Waals surface area (Å²) in [6, 6.07) is 1.54. The van der Waals surface area contributed by atoms with Gasteiger partial charge in [-0.3, -0.25) is 0 Å². The van der Waals surface area contributed by atoms with Gasteiger partial charge in [0.1, 0.15) is 10.8 Å². The van der Waals surface area contributed by atoms with E-state index in [0.29, 0.717) is 17.1 Å². The quantitative estimate of drug-likeness (QED) is 0.846. The summed E-state index contributed by atoms with van der Waals surface area (Å²) in [5.74, 6) is 0.990. The number of rotatable bonds is 2. The maximum Gasteiger partial charge on any atom is 0.240 e. The van der Waals surface area contributed by atoms with Gasteiger partial charge < -0.3 is 24.8 Å². The molecule has 0 atom stereocenters. The zero-order valence-corrected chi connectivity index (χ0v) is 9.77. The van der Waals surface area contributed by atoms with Gasteiger partial charge in [0.15, 0.2) is 11.5 Å². The largest absolute Gasteiger partial charge is 0.505 e. The topological polar surface area (TPSA) is 104 Å². The second-order valence-electron chi connectivity index (χ2n) is 3.54. The summed E-state index contributed by atoms with van der Waals surface area (Å²) in [6.07, 6.45) is 0. The van der Waals surface area contributed by atoms with Gasteiger partial charge >= 0.3 is 0 Å². The van der Waals surface area contributed by atoms with Crippen LogP contribution in [0.2, 0.25) is 5.02 Å². The van der Waals surface area contributed by atoms with Crippen molar-refractivity contribution in [3.63, 3.8) is 0 Å². The Hall–Kier alpha value is -1.99. The van der Waals surface area contributed by atoms with Crippen LogP contribution < -0.4 is 15.2 Å². The molecule has 1 aliphatic heterocycles. The molecule has 18 heavy (non-hydrogen) atoms. The van der Waals surface area contributed by atoms with Gasteiger partial charge in [-0.1, -0.05) is 16.8 Å². The lowest BCUT2D eigenvalue weighted by Crippen LogP contribution is -1.95. The molecule has 1 aromatic carbocycles. The number of nitrogens with two attached hydrogens (primary N) is 1. The van der Waals surface area contributed by atoms with Crippen molar-refractivity contribution in [1.29, 1.82) is 0 Å². The number of ether oxygens (including phenoxy) is 2. The van der Waals surface area contributed by atoms with E-state index < -0.39 is 0 Å². The minimum atomic E-state index is -0.190. The van der Waals surface area contributed by atoms with Crippen LogP contribution in [0.15, 0.2) is 10.6 Å². The summed E-state index contributed by atoms with van der Waals surface area (Å²) in [6.45, 7) is 0.171. The predicted octanol–water partition coefficient (Wildman–Crippen LogP) is 1.28. The molecule has 1 aromatic heterocycles. The molecule has 3 rings (SSSR count). The van der Waals surface area contributed by atoms with E-state index >= 15 is 0 Å². The summed E-state index contributed by atoms with van der Waals surface area (Å²) >= 11 is 5.97. The monoisotopic (exact) mass is 269 g/mol. The van der Waals surface area contributed by atoms with Crippen molar-refractivity contribution < 1.29 is 19.1 Å². The van der Waals surface area contributed by atoms with E-state index in [9.17, 15) is 5.11 Å². The molecule has 1 aliphatic rings. The van der Waals surface area contributed by atoms with E-state index in [-0.39, 0.29) is 35.8 Å². The third-order valence-corrected chi connectivity index (χ3v) is 2.81. The molecule has 0 bridgehead atoms. The average molecular weight is 270 g/mol.